The highest BCUT2D eigenvalue weighted by Gasteiger charge is 2.33. The fraction of sp³-hybridized carbons (Fsp3) is 0.0435. The van der Waals surface area contributed by atoms with E-state index in [2.05, 4.69) is 4.98 Å². The lowest BCUT2D eigenvalue weighted by Gasteiger charge is -2.14. The third-order valence-corrected chi connectivity index (χ3v) is 6.03. The molecule has 4 aromatic rings. The lowest BCUT2D eigenvalue weighted by atomic mass is 9.97. The largest absolute Gasteiger partial charge is 0.418 e. The maximum absolute atomic E-state index is 13.6. The molecule has 0 aliphatic rings. The van der Waals surface area contributed by atoms with Crippen molar-refractivity contribution >= 4 is 26.8 Å². The van der Waals surface area contributed by atoms with Gasteiger partial charge in [-0.05, 0) is 29.8 Å². The van der Waals surface area contributed by atoms with Crippen LogP contribution < -0.4 is 10.9 Å². The van der Waals surface area contributed by atoms with Crippen LogP contribution in [-0.2, 0) is 16.2 Å². The average Bonchev–Trinajstić information content (AvgIpc) is 2.76. The molecule has 0 bridgehead atoms. The minimum absolute atomic E-state index is 0.0540. The van der Waals surface area contributed by atoms with E-state index in [-0.39, 0.29) is 32.6 Å². The third kappa shape index (κ3) is 4.30. The molecule has 0 spiro atoms. The van der Waals surface area contributed by atoms with E-state index in [1.54, 1.807) is 30.3 Å². The van der Waals surface area contributed by atoms with Gasteiger partial charge in [0.25, 0.3) is 5.91 Å². The van der Waals surface area contributed by atoms with Gasteiger partial charge in [0.05, 0.1) is 27.2 Å². The van der Waals surface area contributed by atoms with E-state index in [4.69, 9.17) is 10.9 Å². The highest BCUT2D eigenvalue weighted by molar-refractivity contribution is 7.89. The Morgan fingerprint density at radius 1 is 0.879 bits per heavy atom. The maximum Gasteiger partial charge on any atom is 0.418 e. The van der Waals surface area contributed by atoms with E-state index < -0.39 is 27.7 Å². The first-order valence-electron chi connectivity index (χ1n) is 9.50. The SMILES string of the molecule is NC(=O)c1cc2cccc(C(F)(F)F)c2nc1-c1cccc(-c2ccccc2S(N)(=O)=O)c1. The Labute approximate surface area is 186 Å². The number of rotatable bonds is 4. The number of sulfonamides is 1. The molecule has 33 heavy (non-hydrogen) atoms. The molecule has 0 aliphatic heterocycles. The molecule has 168 valence electrons. The van der Waals surface area contributed by atoms with Crippen molar-refractivity contribution in [1.82, 2.24) is 4.98 Å². The number of hydrogen-bond acceptors (Lipinski definition) is 4. The molecular formula is C23H16F3N3O3S. The molecule has 3 aromatic carbocycles. The molecule has 0 saturated heterocycles. The first-order valence-corrected chi connectivity index (χ1v) is 11.0. The molecular weight excluding hydrogens is 455 g/mol. The normalized spacial score (nSPS) is 12.1. The number of fused-ring (bicyclic) bond motifs is 1. The number of carbonyl (C=O) groups is 1. The van der Waals surface area contributed by atoms with Crippen LogP contribution in [0.2, 0.25) is 0 Å². The smallest absolute Gasteiger partial charge is 0.366 e. The number of para-hydroxylation sites is 1. The van der Waals surface area contributed by atoms with E-state index >= 15 is 0 Å². The Bertz CT molecular complexity index is 1520. The fourth-order valence-corrected chi connectivity index (χ4v) is 4.38. The Morgan fingerprint density at radius 2 is 1.55 bits per heavy atom. The maximum atomic E-state index is 13.6. The summed E-state index contributed by atoms with van der Waals surface area (Å²) >= 11 is 0. The van der Waals surface area contributed by atoms with Gasteiger partial charge < -0.3 is 5.73 Å². The molecule has 6 nitrogen and oxygen atoms in total. The summed E-state index contributed by atoms with van der Waals surface area (Å²) in [4.78, 5) is 16.2. The molecule has 10 heteroatoms. The van der Waals surface area contributed by atoms with Gasteiger partial charge in [-0.2, -0.15) is 13.2 Å². The molecule has 0 saturated carbocycles. The number of hydrogen-bond donors (Lipinski definition) is 2. The number of alkyl halides is 3. The van der Waals surface area contributed by atoms with Crippen LogP contribution in [-0.4, -0.2) is 19.3 Å². The minimum atomic E-state index is -4.66. The number of aromatic nitrogens is 1. The number of primary amides is 1. The van der Waals surface area contributed by atoms with E-state index in [1.165, 1.54) is 36.4 Å². The number of primary sulfonamides is 1. The Hall–Kier alpha value is -3.76. The van der Waals surface area contributed by atoms with Crippen molar-refractivity contribution in [3.05, 3.63) is 83.9 Å². The number of carbonyl (C=O) groups excluding carboxylic acids is 1. The van der Waals surface area contributed by atoms with Crippen molar-refractivity contribution < 1.29 is 26.4 Å². The van der Waals surface area contributed by atoms with Gasteiger partial charge in [-0.15, -0.1) is 0 Å². The summed E-state index contributed by atoms with van der Waals surface area (Å²) in [7, 11) is -4.05. The predicted molar refractivity (Wildman–Crippen MR) is 118 cm³/mol. The molecule has 0 radical (unpaired) electrons. The van der Waals surface area contributed by atoms with Crippen LogP contribution in [0.15, 0.2) is 77.7 Å². The van der Waals surface area contributed by atoms with Crippen molar-refractivity contribution in [2.75, 3.05) is 0 Å². The number of nitrogens with zero attached hydrogens (tertiary/aromatic N) is 1. The molecule has 0 aliphatic carbocycles. The quantitative estimate of drug-likeness (QED) is 0.461. The van der Waals surface area contributed by atoms with Gasteiger partial charge in [-0.1, -0.05) is 48.5 Å². The fourth-order valence-electron chi connectivity index (χ4n) is 3.62. The van der Waals surface area contributed by atoms with Gasteiger partial charge in [0.15, 0.2) is 0 Å². The second kappa shape index (κ2) is 7.98. The van der Waals surface area contributed by atoms with Crippen LogP contribution in [0.4, 0.5) is 13.2 Å². The first-order chi connectivity index (χ1) is 15.5. The van der Waals surface area contributed by atoms with Gasteiger partial charge >= 0.3 is 6.18 Å². The first kappa shape index (κ1) is 22.4. The summed E-state index contributed by atoms with van der Waals surface area (Å²) in [6, 6.07) is 17.1. The molecule has 1 aromatic heterocycles. The number of pyridine rings is 1. The molecule has 0 fully saturated rings. The predicted octanol–water partition coefficient (Wildman–Crippen LogP) is 4.33. The van der Waals surface area contributed by atoms with Crippen molar-refractivity contribution in [3.8, 4) is 22.4 Å². The standard InChI is InChI=1S/C23H16F3N3O3S/c24-23(25,26)18-9-4-7-15-12-17(22(27)30)20(29-21(15)18)14-6-3-5-13(11-14)16-8-1-2-10-19(16)33(28,31)32/h1-12H,(H2,27,30)(H2,28,31,32). The van der Waals surface area contributed by atoms with Crippen molar-refractivity contribution in [2.45, 2.75) is 11.1 Å². The van der Waals surface area contributed by atoms with E-state index in [0.717, 1.165) is 6.07 Å². The van der Waals surface area contributed by atoms with Crippen LogP contribution in [0.3, 0.4) is 0 Å². The summed E-state index contributed by atoms with van der Waals surface area (Å²) in [5.74, 6) is -0.868. The molecule has 4 rings (SSSR count). The number of amides is 1. The third-order valence-electron chi connectivity index (χ3n) is 5.06. The summed E-state index contributed by atoms with van der Waals surface area (Å²) in [5, 5.41) is 5.43. The summed E-state index contributed by atoms with van der Waals surface area (Å²) < 4.78 is 64.7. The lowest BCUT2D eigenvalue weighted by Crippen LogP contribution is -2.14. The van der Waals surface area contributed by atoms with Crippen molar-refractivity contribution in [1.29, 1.82) is 0 Å². The van der Waals surface area contributed by atoms with Crippen LogP contribution in [0.25, 0.3) is 33.3 Å². The zero-order valence-electron chi connectivity index (χ0n) is 16.8. The second-order valence-electron chi connectivity index (χ2n) is 7.25. The molecule has 0 atom stereocenters. The molecule has 4 N–H and O–H groups in total. The van der Waals surface area contributed by atoms with Crippen LogP contribution in [0.5, 0.6) is 0 Å². The summed E-state index contributed by atoms with van der Waals surface area (Å²) in [5.41, 5.74) is 5.08. The number of nitrogens with two attached hydrogens (primary N) is 2. The summed E-state index contributed by atoms with van der Waals surface area (Å²) in [6.07, 6.45) is -4.66. The Morgan fingerprint density at radius 3 is 2.21 bits per heavy atom. The number of halogens is 3. The topological polar surface area (TPSA) is 116 Å². The Kier molecular flexibility index (Phi) is 5.43. The van der Waals surface area contributed by atoms with Gasteiger partial charge in [0.1, 0.15) is 0 Å². The van der Waals surface area contributed by atoms with Crippen LogP contribution in [0.1, 0.15) is 15.9 Å². The molecule has 0 unspecified atom stereocenters. The van der Waals surface area contributed by atoms with Gasteiger partial charge in [0.2, 0.25) is 10.0 Å². The zero-order valence-corrected chi connectivity index (χ0v) is 17.6. The lowest BCUT2D eigenvalue weighted by molar-refractivity contribution is -0.136. The Balaban J connectivity index is 1.99. The molecule has 1 amide bonds. The zero-order chi connectivity index (χ0) is 24.0. The van der Waals surface area contributed by atoms with Crippen LogP contribution in [0, 0.1) is 0 Å². The molecule has 1 heterocycles. The monoisotopic (exact) mass is 471 g/mol. The van der Waals surface area contributed by atoms with E-state index in [9.17, 15) is 26.4 Å². The van der Waals surface area contributed by atoms with Gasteiger partial charge in [-0.3, -0.25) is 4.79 Å². The highest BCUT2D eigenvalue weighted by atomic mass is 32.2. The second-order valence-corrected chi connectivity index (χ2v) is 8.78. The highest BCUT2D eigenvalue weighted by Crippen LogP contribution is 2.37. The minimum Gasteiger partial charge on any atom is -0.366 e. The van der Waals surface area contributed by atoms with Crippen molar-refractivity contribution in [3.63, 3.8) is 0 Å². The van der Waals surface area contributed by atoms with Gasteiger partial charge in [0, 0.05) is 16.5 Å². The van der Waals surface area contributed by atoms with Gasteiger partial charge in [-0.25, -0.2) is 18.5 Å². The van der Waals surface area contributed by atoms with E-state index in [0.29, 0.717) is 11.1 Å². The van der Waals surface area contributed by atoms with E-state index in [1.807, 2.05) is 0 Å². The van der Waals surface area contributed by atoms with Crippen molar-refractivity contribution in [2.24, 2.45) is 10.9 Å². The number of benzene rings is 3. The average molecular weight is 471 g/mol. The summed E-state index contributed by atoms with van der Waals surface area (Å²) in [6.45, 7) is 0. The van der Waals surface area contributed by atoms with Crippen LogP contribution >= 0.6 is 0 Å².